The molecule has 1 aliphatic rings. The van der Waals surface area contributed by atoms with Gasteiger partial charge in [-0.1, -0.05) is 18.2 Å². The Morgan fingerprint density at radius 1 is 1.53 bits per heavy atom. The summed E-state index contributed by atoms with van der Waals surface area (Å²) in [6.45, 7) is 3.01. The van der Waals surface area contributed by atoms with Crippen molar-refractivity contribution in [3.63, 3.8) is 0 Å². The molecule has 1 saturated heterocycles. The van der Waals surface area contributed by atoms with E-state index in [2.05, 4.69) is 10.6 Å². The maximum atomic E-state index is 11.9. The van der Waals surface area contributed by atoms with E-state index in [1.54, 1.807) is 0 Å². The standard InChI is InChI=1S/C13H18N2OS/c1-10-4-2-3-5-12(10)15-13(16)8-11-9-17-7-6-14-11/h2-5,11,14H,6-9H2,1H3,(H,15,16). The molecule has 2 N–H and O–H groups in total. The molecule has 1 heterocycles. The van der Waals surface area contributed by atoms with Crippen molar-refractivity contribution in [2.75, 3.05) is 23.4 Å². The third-order valence-electron chi connectivity index (χ3n) is 2.85. The Hall–Kier alpha value is -1.000. The van der Waals surface area contributed by atoms with Gasteiger partial charge in [0.1, 0.15) is 0 Å². The number of hydrogen-bond acceptors (Lipinski definition) is 3. The van der Waals surface area contributed by atoms with Gasteiger partial charge < -0.3 is 10.6 Å². The van der Waals surface area contributed by atoms with Crippen molar-refractivity contribution in [2.45, 2.75) is 19.4 Å². The molecule has 3 nitrogen and oxygen atoms in total. The first-order chi connectivity index (χ1) is 8.25. The van der Waals surface area contributed by atoms with Gasteiger partial charge >= 0.3 is 0 Å². The van der Waals surface area contributed by atoms with E-state index in [9.17, 15) is 4.79 Å². The maximum Gasteiger partial charge on any atom is 0.225 e. The number of carbonyl (C=O) groups excluding carboxylic acids is 1. The van der Waals surface area contributed by atoms with Gasteiger partial charge in [0.25, 0.3) is 0 Å². The van der Waals surface area contributed by atoms with Crippen LogP contribution in [0, 0.1) is 6.92 Å². The smallest absolute Gasteiger partial charge is 0.225 e. The van der Waals surface area contributed by atoms with Crippen molar-refractivity contribution in [1.82, 2.24) is 5.32 Å². The van der Waals surface area contributed by atoms with Gasteiger partial charge in [-0.05, 0) is 18.6 Å². The quantitative estimate of drug-likeness (QED) is 0.862. The molecular formula is C13H18N2OS. The minimum atomic E-state index is 0.0966. The van der Waals surface area contributed by atoms with Gasteiger partial charge in [0.05, 0.1) is 0 Å². The maximum absolute atomic E-state index is 11.9. The van der Waals surface area contributed by atoms with Crippen molar-refractivity contribution in [2.24, 2.45) is 0 Å². The highest BCUT2D eigenvalue weighted by Gasteiger charge is 2.16. The van der Waals surface area contributed by atoms with Crippen LogP contribution in [0.25, 0.3) is 0 Å². The Kier molecular flexibility index (Phi) is 4.45. The zero-order valence-corrected chi connectivity index (χ0v) is 10.8. The summed E-state index contributed by atoms with van der Waals surface area (Å²) in [5.41, 5.74) is 2.02. The molecule has 17 heavy (non-hydrogen) atoms. The number of anilines is 1. The van der Waals surface area contributed by atoms with Crippen molar-refractivity contribution < 1.29 is 4.79 Å². The number of hydrogen-bond donors (Lipinski definition) is 2. The van der Waals surface area contributed by atoms with Crippen LogP contribution >= 0.6 is 11.8 Å². The minimum Gasteiger partial charge on any atom is -0.326 e. The van der Waals surface area contributed by atoms with Crippen LogP contribution < -0.4 is 10.6 Å². The lowest BCUT2D eigenvalue weighted by Gasteiger charge is -2.22. The van der Waals surface area contributed by atoms with Crippen LogP contribution in [0.4, 0.5) is 5.69 Å². The SMILES string of the molecule is Cc1ccccc1NC(=O)CC1CSCCN1. The van der Waals surface area contributed by atoms with Crippen molar-refractivity contribution in [3.8, 4) is 0 Å². The highest BCUT2D eigenvalue weighted by Crippen LogP contribution is 2.15. The summed E-state index contributed by atoms with van der Waals surface area (Å²) < 4.78 is 0. The molecule has 0 saturated carbocycles. The average molecular weight is 250 g/mol. The molecule has 0 aromatic heterocycles. The number of carbonyl (C=O) groups is 1. The molecule has 2 rings (SSSR count). The Morgan fingerprint density at radius 2 is 2.35 bits per heavy atom. The first-order valence-corrected chi connectivity index (χ1v) is 7.08. The summed E-state index contributed by atoms with van der Waals surface area (Å²) in [6, 6.07) is 8.18. The first-order valence-electron chi connectivity index (χ1n) is 5.92. The molecule has 1 amide bonds. The predicted octanol–water partition coefficient (Wildman–Crippen LogP) is 2.03. The highest BCUT2D eigenvalue weighted by molar-refractivity contribution is 7.99. The molecule has 1 unspecified atom stereocenters. The second-order valence-electron chi connectivity index (χ2n) is 4.29. The van der Waals surface area contributed by atoms with E-state index in [0.717, 1.165) is 29.3 Å². The largest absolute Gasteiger partial charge is 0.326 e. The van der Waals surface area contributed by atoms with E-state index in [1.165, 1.54) is 0 Å². The van der Waals surface area contributed by atoms with Crippen LogP contribution in [0.15, 0.2) is 24.3 Å². The summed E-state index contributed by atoms with van der Waals surface area (Å²) in [6.07, 6.45) is 0.557. The topological polar surface area (TPSA) is 41.1 Å². The Balaban J connectivity index is 1.86. The van der Waals surface area contributed by atoms with Crippen LogP contribution in [-0.4, -0.2) is 30.0 Å². The number of thioether (sulfide) groups is 1. The molecule has 1 aromatic carbocycles. The normalized spacial score (nSPS) is 19.9. The number of amides is 1. The van der Waals surface area contributed by atoms with Gasteiger partial charge in [0.2, 0.25) is 5.91 Å². The van der Waals surface area contributed by atoms with Crippen LogP contribution in [0.5, 0.6) is 0 Å². The molecule has 4 heteroatoms. The Labute approximate surface area is 106 Å². The second kappa shape index (κ2) is 6.07. The van der Waals surface area contributed by atoms with Gasteiger partial charge in [-0.15, -0.1) is 0 Å². The molecule has 1 aromatic rings. The molecule has 1 aliphatic heterocycles. The predicted molar refractivity (Wildman–Crippen MR) is 73.5 cm³/mol. The highest BCUT2D eigenvalue weighted by atomic mass is 32.2. The minimum absolute atomic E-state index is 0.0966. The average Bonchev–Trinajstić information content (AvgIpc) is 2.33. The van der Waals surface area contributed by atoms with E-state index in [-0.39, 0.29) is 5.91 Å². The van der Waals surface area contributed by atoms with Crippen molar-refractivity contribution >= 4 is 23.4 Å². The summed E-state index contributed by atoms with van der Waals surface area (Å²) in [4.78, 5) is 11.9. The lowest BCUT2D eigenvalue weighted by molar-refractivity contribution is -0.116. The molecule has 0 bridgehead atoms. The van der Waals surface area contributed by atoms with Gasteiger partial charge in [0, 0.05) is 36.2 Å². The van der Waals surface area contributed by atoms with Crippen molar-refractivity contribution in [1.29, 1.82) is 0 Å². The summed E-state index contributed by atoms with van der Waals surface area (Å²) >= 11 is 1.91. The van der Waals surface area contributed by atoms with Gasteiger partial charge in [-0.3, -0.25) is 4.79 Å². The van der Waals surface area contributed by atoms with Gasteiger partial charge in [-0.25, -0.2) is 0 Å². The molecule has 0 spiro atoms. The Morgan fingerprint density at radius 3 is 3.06 bits per heavy atom. The third kappa shape index (κ3) is 3.75. The first kappa shape index (κ1) is 12.5. The fraction of sp³-hybridized carbons (Fsp3) is 0.462. The summed E-state index contributed by atoms with van der Waals surface area (Å²) in [7, 11) is 0. The monoisotopic (exact) mass is 250 g/mol. The third-order valence-corrected chi connectivity index (χ3v) is 3.98. The summed E-state index contributed by atoms with van der Waals surface area (Å²) in [5.74, 6) is 2.27. The van der Waals surface area contributed by atoms with Crippen LogP contribution in [-0.2, 0) is 4.79 Å². The zero-order valence-electron chi connectivity index (χ0n) is 10.0. The van der Waals surface area contributed by atoms with E-state index in [0.29, 0.717) is 12.5 Å². The molecule has 0 radical (unpaired) electrons. The molecule has 1 atom stereocenters. The van der Waals surface area contributed by atoms with E-state index in [1.807, 2.05) is 43.0 Å². The number of aryl methyl sites for hydroxylation is 1. The fourth-order valence-corrected chi connectivity index (χ4v) is 2.84. The fourth-order valence-electron chi connectivity index (χ4n) is 1.89. The lowest BCUT2D eigenvalue weighted by Crippen LogP contribution is -2.39. The Bertz CT molecular complexity index is 389. The van der Waals surface area contributed by atoms with Crippen LogP contribution in [0.1, 0.15) is 12.0 Å². The molecule has 92 valence electrons. The number of para-hydroxylation sites is 1. The number of nitrogens with one attached hydrogen (secondary N) is 2. The molecule has 1 fully saturated rings. The zero-order chi connectivity index (χ0) is 12.1. The van der Waals surface area contributed by atoms with Gasteiger partial charge in [-0.2, -0.15) is 11.8 Å². The second-order valence-corrected chi connectivity index (χ2v) is 5.44. The summed E-state index contributed by atoms with van der Waals surface area (Å²) in [5, 5.41) is 6.34. The lowest BCUT2D eigenvalue weighted by atomic mass is 10.2. The van der Waals surface area contributed by atoms with E-state index >= 15 is 0 Å². The number of benzene rings is 1. The molecule has 0 aliphatic carbocycles. The van der Waals surface area contributed by atoms with E-state index in [4.69, 9.17) is 0 Å². The van der Waals surface area contributed by atoms with Crippen LogP contribution in [0.3, 0.4) is 0 Å². The van der Waals surface area contributed by atoms with Crippen LogP contribution in [0.2, 0.25) is 0 Å². The molecular weight excluding hydrogens is 232 g/mol. The van der Waals surface area contributed by atoms with Crippen molar-refractivity contribution in [3.05, 3.63) is 29.8 Å². The van der Waals surface area contributed by atoms with E-state index < -0.39 is 0 Å². The number of rotatable bonds is 3. The van der Waals surface area contributed by atoms with Gasteiger partial charge in [0.15, 0.2) is 0 Å².